The van der Waals surface area contributed by atoms with Crippen molar-refractivity contribution in [3.63, 3.8) is 0 Å². The maximum absolute atomic E-state index is 8.36. The van der Waals surface area contributed by atoms with Gasteiger partial charge in [0, 0.05) is 39.3 Å². The third-order valence-corrected chi connectivity index (χ3v) is 9.53. The Bertz CT molecular complexity index is 2700. The van der Waals surface area contributed by atoms with Crippen molar-refractivity contribution >= 4 is 43.5 Å². The summed E-state index contributed by atoms with van der Waals surface area (Å²) in [5.74, 6) is -0.181. The van der Waals surface area contributed by atoms with Crippen LogP contribution in [0, 0.1) is 12.1 Å². The van der Waals surface area contributed by atoms with Gasteiger partial charge in [-0.3, -0.25) is 0 Å². The van der Waals surface area contributed by atoms with Crippen molar-refractivity contribution in [2.24, 2.45) is 0 Å². The van der Waals surface area contributed by atoms with Gasteiger partial charge in [-0.2, -0.15) is 0 Å². The Morgan fingerprint density at radius 2 is 1.40 bits per heavy atom. The summed E-state index contributed by atoms with van der Waals surface area (Å²) in [6.45, 7) is 8.18. The molecule has 6 aromatic carbocycles. The molecule has 0 saturated carbocycles. The van der Waals surface area contributed by atoms with Gasteiger partial charge in [0.25, 0.3) is 0 Å². The Labute approximate surface area is 320 Å². The van der Waals surface area contributed by atoms with Gasteiger partial charge in [0.2, 0.25) is 0 Å². The molecule has 52 heavy (non-hydrogen) atoms. The summed E-state index contributed by atoms with van der Waals surface area (Å²) in [5, 5.41) is 7.08. The minimum absolute atomic E-state index is 0. The molecule has 0 aliphatic rings. The number of furan rings is 1. The molecule has 0 saturated heterocycles. The number of nitrogens with zero attached hydrogens (tertiary/aromatic N) is 2. The zero-order valence-electron chi connectivity index (χ0n) is 30.6. The molecule has 0 spiro atoms. The van der Waals surface area contributed by atoms with Crippen LogP contribution in [-0.2, 0) is 20.1 Å². The second kappa shape index (κ2) is 15.1. The van der Waals surface area contributed by atoms with Crippen molar-refractivity contribution in [3.05, 3.63) is 169 Å². The van der Waals surface area contributed by atoms with Gasteiger partial charge in [-0.1, -0.05) is 145 Å². The number of aromatic nitrogens is 2. The van der Waals surface area contributed by atoms with Crippen molar-refractivity contribution in [2.45, 2.75) is 39.5 Å². The third-order valence-electron chi connectivity index (χ3n) is 9.53. The first-order valence-electron chi connectivity index (χ1n) is 17.9. The normalized spacial score (nSPS) is 11.8. The van der Waals surface area contributed by atoms with Crippen molar-refractivity contribution in [1.82, 2.24) is 9.97 Å². The first kappa shape index (κ1) is 33.7. The molecular weight excluding hydrogens is 813 g/mol. The number of rotatable bonds is 5. The van der Waals surface area contributed by atoms with Gasteiger partial charge in [0.05, 0.1) is 5.58 Å². The minimum atomic E-state index is -0.667. The topological polar surface area (TPSA) is 38.9 Å². The third kappa shape index (κ3) is 6.80. The summed E-state index contributed by atoms with van der Waals surface area (Å²) in [6, 6.07) is 52.5. The van der Waals surface area contributed by atoms with Crippen LogP contribution in [0.5, 0.6) is 0 Å². The van der Waals surface area contributed by atoms with E-state index in [1.54, 1.807) is 12.4 Å². The molecule has 9 rings (SSSR count). The van der Waals surface area contributed by atoms with Crippen LogP contribution in [0.25, 0.3) is 77.1 Å². The maximum Gasteiger partial charge on any atom is 0.121 e. The van der Waals surface area contributed by atoms with E-state index in [2.05, 4.69) is 127 Å². The van der Waals surface area contributed by atoms with Gasteiger partial charge in [-0.05, 0) is 69.5 Å². The molecule has 3 aromatic heterocycles. The molecule has 9 aromatic rings. The molecule has 0 atom stereocenters. The Hall–Kier alpha value is -5.41. The molecule has 257 valence electrons. The molecule has 1 radical (unpaired) electrons. The molecule has 0 bridgehead atoms. The zero-order chi connectivity index (χ0) is 35.8. The quantitative estimate of drug-likeness (QED) is 0.128. The Morgan fingerprint density at radius 3 is 2.19 bits per heavy atom. The molecule has 0 aliphatic carbocycles. The second-order valence-corrected chi connectivity index (χ2v) is 13.4. The van der Waals surface area contributed by atoms with E-state index in [-0.39, 0.29) is 20.1 Å². The number of hydrogen-bond acceptors (Lipinski definition) is 3. The SMILES string of the molecule is CC(C)c1ccc2c(c1)oc1c(-c3ccccn3)[c-]ccc12.[2H]C(C)(C)c1ccnc(-c2[c-]cc3c(c2)c(-c2ccccc2)cc2ccccc23)c1.[Ir]. The molecule has 4 heteroatoms. The van der Waals surface area contributed by atoms with E-state index in [0.717, 1.165) is 50.0 Å². The number of benzene rings is 6. The number of pyridine rings is 2. The summed E-state index contributed by atoms with van der Waals surface area (Å²) in [7, 11) is 0. The molecule has 0 N–H and O–H groups in total. The van der Waals surface area contributed by atoms with Crippen LogP contribution in [-0.4, -0.2) is 9.97 Å². The Balaban J connectivity index is 0.000000168. The molecule has 3 nitrogen and oxygen atoms in total. The van der Waals surface area contributed by atoms with E-state index < -0.39 is 5.89 Å². The summed E-state index contributed by atoms with van der Waals surface area (Å²) in [4.78, 5) is 9.00. The number of hydrogen-bond donors (Lipinski definition) is 0. The van der Waals surface area contributed by atoms with Crippen LogP contribution in [0.2, 0.25) is 0 Å². The van der Waals surface area contributed by atoms with Crippen LogP contribution in [0.3, 0.4) is 0 Å². The fraction of sp³-hybridized carbons (Fsp3) is 0.125. The summed E-state index contributed by atoms with van der Waals surface area (Å²) < 4.78 is 14.5. The van der Waals surface area contributed by atoms with Crippen molar-refractivity contribution in [3.8, 4) is 33.6 Å². The van der Waals surface area contributed by atoms with Gasteiger partial charge < -0.3 is 14.4 Å². The van der Waals surface area contributed by atoms with E-state index in [0.29, 0.717) is 5.92 Å². The van der Waals surface area contributed by atoms with Gasteiger partial charge in [-0.25, -0.2) is 0 Å². The van der Waals surface area contributed by atoms with Crippen molar-refractivity contribution in [1.29, 1.82) is 0 Å². The van der Waals surface area contributed by atoms with Gasteiger partial charge in [-0.15, -0.1) is 42.0 Å². The van der Waals surface area contributed by atoms with Crippen LogP contribution in [0.15, 0.2) is 150 Å². The average Bonchev–Trinajstić information content (AvgIpc) is 3.56. The molecule has 0 fully saturated rings. The van der Waals surface area contributed by atoms with Crippen molar-refractivity contribution in [2.75, 3.05) is 0 Å². The fourth-order valence-electron chi connectivity index (χ4n) is 6.75. The maximum atomic E-state index is 8.36. The van der Waals surface area contributed by atoms with E-state index in [4.69, 9.17) is 5.79 Å². The van der Waals surface area contributed by atoms with Crippen LogP contribution < -0.4 is 0 Å². The second-order valence-electron chi connectivity index (χ2n) is 13.4. The first-order chi connectivity index (χ1) is 25.2. The summed E-state index contributed by atoms with van der Waals surface area (Å²) in [5.41, 5.74) is 10.0. The minimum Gasteiger partial charge on any atom is -0.501 e. The summed E-state index contributed by atoms with van der Waals surface area (Å²) >= 11 is 0. The average molecular weight is 852 g/mol. The largest absolute Gasteiger partial charge is 0.501 e. The monoisotopic (exact) mass is 852 g/mol. The standard InChI is InChI=1S/C28H22N.C20H16NO.Ir/c1-19(2)21-14-15-29-28(18-21)23-12-13-25-24-11-7-6-10-22(24)16-26(27(25)17-23)20-8-4-3-5-9-20;1-13(2)14-9-10-15-16-6-5-7-17(18-8-3-4-11-21-18)20(16)22-19(15)12-14;/h3-11,13-19H,1-2H3;3-6,8-13H,1-2H3;/q2*-1;/i19D;;. The molecular formula is C48H38IrN2O-2. The Morgan fingerprint density at radius 1 is 0.615 bits per heavy atom. The molecule has 0 amide bonds. The van der Waals surface area contributed by atoms with E-state index in [1.807, 2.05) is 56.3 Å². The van der Waals surface area contributed by atoms with E-state index in [9.17, 15) is 0 Å². The Kier molecular flexibility index (Phi) is 9.76. The van der Waals surface area contributed by atoms with Crippen LogP contribution >= 0.6 is 0 Å². The fourth-order valence-corrected chi connectivity index (χ4v) is 6.75. The predicted octanol–water partition coefficient (Wildman–Crippen LogP) is 13.2. The number of fused-ring (bicyclic) bond motifs is 6. The van der Waals surface area contributed by atoms with Gasteiger partial charge >= 0.3 is 0 Å². The first-order valence-corrected chi connectivity index (χ1v) is 17.4. The molecule has 0 unspecified atom stereocenters. The smallest absolute Gasteiger partial charge is 0.121 e. The molecule has 0 aliphatic heterocycles. The van der Waals surface area contributed by atoms with Gasteiger partial charge in [0.15, 0.2) is 0 Å². The van der Waals surface area contributed by atoms with Crippen LogP contribution in [0.1, 0.15) is 52.0 Å². The van der Waals surface area contributed by atoms with E-state index >= 15 is 0 Å². The van der Waals surface area contributed by atoms with Gasteiger partial charge in [0.1, 0.15) is 5.58 Å². The van der Waals surface area contributed by atoms with E-state index in [1.165, 1.54) is 38.2 Å². The van der Waals surface area contributed by atoms with Crippen LogP contribution in [0.4, 0.5) is 0 Å². The van der Waals surface area contributed by atoms with Crippen molar-refractivity contribution < 1.29 is 25.9 Å². The molecule has 3 heterocycles. The predicted molar refractivity (Wildman–Crippen MR) is 213 cm³/mol. The summed E-state index contributed by atoms with van der Waals surface area (Å²) in [6.07, 6.45) is 3.58. The zero-order valence-corrected chi connectivity index (χ0v) is 32.0.